The van der Waals surface area contributed by atoms with Crippen molar-refractivity contribution in [1.29, 1.82) is 0 Å². The van der Waals surface area contributed by atoms with E-state index in [-0.39, 0.29) is 11.1 Å². The van der Waals surface area contributed by atoms with E-state index < -0.39 is 28.4 Å². The van der Waals surface area contributed by atoms with Gasteiger partial charge >= 0.3 is 6.18 Å². The zero-order valence-electron chi connectivity index (χ0n) is 9.84. The molecule has 2 aromatic carbocycles. The molecule has 0 saturated carbocycles. The summed E-state index contributed by atoms with van der Waals surface area (Å²) < 4.78 is 52.8. The Morgan fingerprint density at radius 1 is 0.950 bits per heavy atom. The first kappa shape index (κ1) is 14.5. The molecule has 0 heterocycles. The Kier molecular flexibility index (Phi) is 3.81. The minimum Gasteiger partial charge on any atom is -0.275 e. The Morgan fingerprint density at radius 3 is 2.15 bits per heavy atom. The lowest BCUT2D eigenvalue weighted by molar-refractivity contribution is -0.137. The van der Waals surface area contributed by atoms with Crippen LogP contribution >= 0.6 is 11.6 Å². The van der Waals surface area contributed by atoms with Crippen molar-refractivity contribution >= 4 is 16.8 Å². The molecular formula is C14H7ClF4O. The number of hydrogen-bond acceptors (Lipinski definition) is 1. The first-order valence-corrected chi connectivity index (χ1v) is 5.85. The van der Waals surface area contributed by atoms with Crippen molar-refractivity contribution in [2.45, 2.75) is 6.18 Å². The van der Waals surface area contributed by atoms with Gasteiger partial charge in [-0.1, -0.05) is 30.3 Å². The third-order valence-corrected chi connectivity index (χ3v) is 2.94. The topological polar surface area (TPSA) is 17.1 Å². The molecule has 0 aliphatic carbocycles. The fraction of sp³-hybridized carbons (Fsp3) is 0.0714. The maximum Gasteiger partial charge on any atom is 0.417 e. The lowest BCUT2D eigenvalue weighted by Gasteiger charge is -2.14. The van der Waals surface area contributed by atoms with Gasteiger partial charge in [-0.2, -0.15) is 13.2 Å². The zero-order chi connectivity index (χ0) is 14.9. The minimum atomic E-state index is -4.62. The van der Waals surface area contributed by atoms with E-state index in [1.807, 2.05) is 0 Å². The minimum absolute atomic E-state index is 0.315. The smallest absolute Gasteiger partial charge is 0.275 e. The molecule has 0 radical (unpaired) electrons. The van der Waals surface area contributed by atoms with Gasteiger partial charge in [0, 0.05) is 5.56 Å². The molecule has 2 aromatic rings. The third kappa shape index (κ3) is 2.67. The molecular weight excluding hydrogens is 296 g/mol. The molecule has 6 heteroatoms. The highest BCUT2D eigenvalue weighted by Gasteiger charge is 2.34. The van der Waals surface area contributed by atoms with Crippen LogP contribution in [0.15, 0.2) is 42.5 Å². The Labute approximate surface area is 116 Å². The number of carbonyl (C=O) groups excluding carboxylic acids is 1. The number of benzene rings is 2. The molecule has 0 atom stereocenters. The van der Waals surface area contributed by atoms with E-state index in [1.165, 1.54) is 24.3 Å². The molecule has 0 amide bonds. The Bertz CT molecular complexity index is 664. The molecule has 0 aliphatic heterocycles. The number of carbonyl (C=O) groups is 1. The Balaban J connectivity index is 2.70. The lowest BCUT2D eigenvalue weighted by atomic mass is 9.97. The molecule has 0 saturated heterocycles. The van der Waals surface area contributed by atoms with Gasteiger partial charge in [0.25, 0.3) is 5.24 Å². The summed E-state index contributed by atoms with van der Waals surface area (Å²) in [6.07, 6.45) is -4.62. The predicted octanol–water partition coefficient (Wildman–Crippen LogP) is 4.89. The Morgan fingerprint density at radius 2 is 1.55 bits per heavy atom. The van der Waals surface area contributed by atoms with Gasteiger partial charge in [-0.15, -0.1) is 0 Å². The highest BCUT2D eigenvalue weighted by atomic mass is 35.5. The average molecular weight is 303 g/mol. The molecule has 0 bridgehead atoms. The van der Waals surface area contributed by atoms with Gasteiger partial charge in [0.2, 0.25) is 0 Å². The van der Waals surface area contributed by atoms with Gasteiger partial charge in [-0.25, -0.2) is 4.39 Å². The first-order valence-electron chi connectivity index (χ1n) is 5.47. The van der Waals surface area contributed by atoms with Crippen LogP contribution in [0.2, 0.25) is 0 Å². The summed E-state index contributed by atoms with van der Waals surface area (Å²) in [7, 11) is 0. The summed E-state index contributed by atoms with van der Waals surface area (Å²) in [4.78, 5) is 11.0. The molecule has 104 valence electrons. The molecule has 0 N–H and O–H groups in total. The summed E-state index contributed by atoms with van der Waals surface area (Å²) >= 11 is 5.20. The van der Waals surface area contributed by atoms with Crippen LogP contribution in [0.1, 0.15) is 15.9 Å². The summed E-state index contributed by atoms with van der Waals surface area (Å²) in [6, 6.07) is 8.13. The molecule has 0 spiro atoms. The summed E-state index contributed by atoms with van der Waals surface area (Å²) in [6.45, 7) is 0. The Hall–Kier alpha value is -1.88. The van der Waals surface area contributed by atoms with Crippen molar-refractivity contribution in [2.24, 2.45) is 0 Å². The normalized spacial score (nSPS) is 11.4. The molecule has 0 aromatic heterocycles. The summed E-state index contributed by atoms with van der Waals surface area (Å²) in [5, 5.41) is -1.06. The van der Waals surface area contributed by atoms with Crippen LogP contribution in [-0.4, -0.2) is 5.24 Å². The van der Waals surface area contributed by atoms with E-state index in [4.69, 9.17) is 11.6 Å². The van der Waals surface area contributed by atoms with Crippen LogP contribution in [0, 0.1) is 5.82 Å². The first-order chi connectivity index (χ1) is 9.32. The molecule has 1 nitrogen and oxygen atoms in total. The van der Waals surface area contributed by atoms with Crippen molar-refractivity contribution in [3.05, 3.63) is 59.4 Å². The van der Waals surface area contributed by atoms with E-state index in [0.29, 0.717) is 0 Å². The molecule has 2 rings (SSSR count). The van der Waals surface area contributed by atoms with Crippen LogP contribution in [0.3, 0.4) is 0 Å². The van der Waals surface area contributed by atoms with Crippen LogP contribution in [0.5, 0.6) is 0 Å². The number of alkyl halides is 3. The van der Waals surface area contributed by atoms with E-state index in [9.17, 15) is 22.4 Å². The number of rotatable bonds is 2. The summed E-state index contributed by atoms with van der Waals surface area (Å²) in [5.41, 5.74) is -2.08. The average Bonchev–Trinajstić information content (AvgIpc) is 2.37. The SMILES string of the molecule is O=C(Cl)c1cccc(-c2ccccc2C(F)(F)F)c1F. The fourth-order valence-corrected chi connectivity index (χ4v) is 2.00. The van der Waals surface area contributed by atoms with Gasteiger partial charge in [-0.3, -0.25) is 4.79 Å². The van der Waals surface area contributed by atoms with Crippen molar-refractivity contribution in [2.75, 3.05) is 0 Å². The van der Waals surface area contributed by atoms with Crippen LogP contribution in [-0.2, 0) is 6.18 Å². The monoisotopic (exact) mass is 302 g/mol. The number of hydrogen-bond donors (Lipinski definition) is 0. The van der Waals surface area contributed by atoms with Crippen LogP contribution in [0.4, 0.5) is 17.6 Å². The van der Waals surface area contributed by atoms with Gasteiger partial charge in [0.15, 0.2) is 0 Å². The van der Waals surface area contributed by atoms with Gasteiger partial charge in [0.05, 0.1) is 11.1 Å². The van der Waals surface area contributed by atoms with Crippen molar-refractivity contribution in [1.82, 2.24) is 0 Å². The van der Waals surface area contributed by atoms with Crippen molar-refractivity contribution in [3.8, 4) is 11.1 Å². The summed E-state index contributed by atoms with van der Waals surface area (Å²) in [5.74, 6) is -1.07. The maximum absolute atomic E-state index is 14.1. The second-order valence-electron chi connectivity index (χ2n) is 3.98. The van der Waals surface area contributed by atoms with E-state index in [0.717, 1.165) is 18.2 Å². The third-order valence-electron chi connectivity index (χ3n) is 2.73. The van der Waals surface area contributed by atoms with E-state index in [1.54, 1.807) is 0 Å². The molecule has 20 heavy (non-hydrogen) atoms. The second-order valence-corrected chi connectivity index (χ2v) is 4.33. The lowest BCUT2D eigenvalue weighted by Crippen LogP contribution is -2.08. The van der Waals surface area contributed by atoms with Gasteiger partial charge < -0.3 is 0 Å². The van der Waals surface area contributed by atoms with Gasteiger partial charge in [-0.05, 0) is 29.3 Å². The molecule has 0 aliphatic rings. The van der Waals surface area contributed by atoms with Crippen molar-refractivity contribution in [3.63, 3.8) is 0 Å². The highest BCUT2D eigenvalue weighted by molar-refractivity contribution is 6.67. The van der Waals surface area contributed by atoms with E-state index >= 15 is 0 Å². The largest absolute Gasteiger partial charge is 0.417 e. The highest BCUT2D eigenvalue weighted by Crippen LogP contribution is 2.38. The molecule has 0 fully saturated rings. The standard InChI is InChI=1S/C14H7ClF4O/c15-13(20)10-6-3-5-9(12(10)16)8-4-1-2-7-11(8)14(17,18)19/h1-7H. The van der Waals surface area contributed by atoms with Gasteiger partial charge in [0.1, 0.15) is 5.82 Å². The number of halogens is 5. The van der Waals surface area contributed by atoms with E-state index in [2.05, 4.69) is 0 Å². The van der Waals surface area contributed by atoms with Crippen LogP contribution < -0.4 is 0 Å². The zero-order valence-corrected chi connectivity index (χ0v) is 10.6. The van der Waals surface area contributed by atoms with Crippen LogP contribution in [0.25, 0.3) is 11.1 Å². The predicted molar refractivity (Wildman–Crippen MR) is 67.0 cm³/mol. The second kappa shape index (κ2) is 5.25. The maximum atomic E-state index is 14.1. The quantitative estimate of drug-likeness (QED) is 0.570. The fourth-order valence-electron chi connectivity index (χ4n) is 1.86. The van der Waals surface area contributed by atoms with Crippen molar-refractivity contribution < 1.29 is 22.4 Å². The molecule has 0 unspecified atom stereocenters.